The number of aldehydes is 1. The summed E-state index contributed by atoms with van der Waals surface area (Å²) in [5, 5.41) is 0.943. The lowest BCUT2D eigenvalue weighted by Crippen LogP contribution is -2.13. The molecular formula is C13H13NO3. The van der Waals surface area contributed by atoms with E-state index in [0.717, 1.165) is 17.2 Å². The average Bonchev–Trinajstić information content (AvgIpc) is 2.73. The normalized spacial score (nSPS) is 10.4. The first-order valence-electron chi connectivity index (χ1n) is 5.45. The Balaban J connectivity index is 2.41. The highest BCUT2D eigenvalue weighted by Crippen LogP contribution is 2.19. The lowest BCUT2D eigenvalue weighted by Gasteiger charge is -2.06. The van der Waals surface area contributed by atoms with Gasteiger partial charge in [-0.25, -0.2) is 0 Å². The van der Waals surface area contributed by atoms with Gasteiger partial charge in [-0.1, -0.05) is 12.1 Å². The molecule has 0 bridgehead atoms. The first-order valence-corrected chi connectivity index (χ1v) is 5.45. The topological polar surface area (TPSA) is 48.3 Å². The molecule has 1 aromatic heterocycles. The molecule has 1 heterocycles. The number of hydrogen-bond acceptors (Lipinski definition) is 3. The molecule has 0 fully saturated rings. The maximum atomic E-state index is 11.4. The van der Waals surface area contributed by atoms with E-state index >= 15 is 0 Å². The molecule has 0 unspecified atom stereocenters. The lowest BCUT2D eigenvalue weighted by atomic mass is 10.1. The number of nitrogens with zero attached hydrogens (tertiary/aromatic N) is 1. The number of esters is 1. The number of para-hydroxylation sites is 1. The lowest BCUT2D eigenvalue weighted by molar-refractivity contribution is -0.143. The highest BCUT2D eigenvalue weighted by Gasteiger charge is 2.09. The van der Waals surface area contributed by atoms with Gasteiger partial charge in [-0.2, -0.15) is 0 Å². The minimum atomic E-state index is -0.300. The Morgan fingerprint density at radius 1 is 1.41 bits per heavy atom. The standard InChI is InChI=1S/C13H13NO3/c1-2-17-12(16)8-14-7-6-10-4-3-5-11(9-15)13(10)14/h3-7,9H,2,8H2,1H3. The van der Waals surface area contributed by atoms with Gasteiger partial charge in [-0.05, 0) is 19.1 Å². The van der Waals surface area contributed by atoms with Crippen LogP contribution in [0.5, 0.6) is 0 Å². The fourth-order valence-electron chi connectivity index (χ4n) is 1.86. The molecule has 0 aliphatic rings. The van der Waals surface area contributed by atoms with Crippen LogP contribution < -0.4 is 0 Å². The zero-order valence-corrected chi connectivity index (χ0v) is 9.55. The van der Waals surface area contributed by atoms with Crippen LogP contribution in [0.3, 0.4) is 0 Å². The fraction of sp³-hybridized carbons (Fsp3) is 0.231. The van der Waals surface area contributed by atoms with Crippen molar-refractivity contribution < 1.29 is 14.3 Å². The molecule has 0 spiro atoms. The van der Waals surface area contributed by atoms with Crippen LogP contribution in [0, 0.1) is 0 Å². The van der Waals surface area contributed by atoms with Gasteiger partial charge < -0.3 is 9.30 Å². The molecule has 0 atom stereocenters. The molecule has 0 N–H and O–H groups in total. The second-order valence-corrected chi connectivity index (χ2v) is 3.65. The van der Waals surface area contributed by atoms with Crippen LogP contribution in [-0.4, -0.2) is 23.4 Å². The number of fused-ring (bicyclic) bond motifs is 1. The zero-order chi connectivity index (χ0) is 12.3. The van der Waals surface area contributed by atoms with Crippen molar-refractivity contribution in [3.63, 3.8) is 0 Å². The smallest absolute Gasteiger partial charge is 0.325 e. The minimum Gasteiger partial charge on any atom is -0.465 e. The average molecular weight is 231 g/mol. The molecule has 0 radical (unpaired) electrons. The summed E-state index contributed by atoms with van der Waals surface area (Å²) in [6.45, 7) is 2.25. The Hall–Kier alpha value is -2.10. The van der Waals surface area contributed by atoms with E-state index in [4.69, 9.17) is 4.74 Å². The van der Waals surface area contributed by atoms with E-state index in [9.17, 15) is 9.59 Å². The molecule has 4 nitrogen and oxygen atoms in total. The predicted octanol–water partition coefficient (Wildman–Crippen LogP) is 2.02. The summed E-state index contributed by atoms with van der Waals surface area (Å²) in [4.78, 5) is 22.4. The van der Waals surface area contributed by atoms with E-state index < -0.39 is 0 Å². The van der Waals surface area contributed by atoms with E-state index in [2.05, 4.69) is 0 Å². The number of ether oxygens (including phenoxy) is 1. The zero-order valence-electron chi connectivity index (χ0n) is 9.55. The van der Waals surface area contributed by atoms with E-state index in [-0.39, 0.29) is 12.5 Å². The van der Waals surface area contributed by atoms with Gasteiger partial charge in [0.05, 0.1) is 12.1 Å². The highest BCUT2D eigenvalue weighted by atomic mass is 16.5. The van der Waals surface area contributed by atoms with Crippen LogP contribution in [0.2, 0.25) is 0 Å². The van der Waals surface area contributed by atoms with Gasteiger partial charge in [0.25, 0.3) is 0 Å². The fourth-order valence-corrected chi connectivity index (χ4v) is 1.86. The third-order valence-electron chi connectivity index (χ3n) is 2.55. The number of hydrogen-bond donors (Lipinski definition) is 0. The van der Waals surface area contributed by atoms with Crippen molar-refractivity contribution in [2.75, 3.05) is 6.61 Å². The predicted molar refractivity (Wildman–Crippen MR) is 64.0 cm³/mol. The van der Waals surface area contributed by atoms with Gasteiger partial charge >= 0.3 is 5.97 Å². The Kier molecular flexibility index (Phi) is 3.23. The summed E-state index contributed by atoms with van der Waals surface area (Å²) in [5.41, 5.74) is 1.35. The number of rotatable bonds is 4. The number of benzene rings is 1. The summed E-state index contributed by atoms with van der Waals surface area (Å²) in [5.74, 6) is -0.300. The van der Waals surface area contributed by atoms with Crippen molar-refractivity contribution in [3.8, 4) is 0 Å². The molecule has 2 rings (SSSR count). The molecule has 2 aromatic rings. The van der Waals surface area contributed by atoms with E-state index in [1.165, 1.54) is 0 Å². The third-order valence-corrected chi connectivity index (χ3v) is 2.55. The maximum Gasteiger partial charge on any atom is 0.325 e. The van der Waals surface area contributed by atoms with Crippen molar-refractivity contribution >= 4 is 23.2 Å². The van der Waals surface area contributed by atoms with Gasteiger partial charge in [0.1, 0.15) is 6.54 Å². The van der Waals surface area contributed by atoms with E-state index in [1.807, 2.05) is 18.2 Å². The quantitative estimate of drug-likeness (QED) is 0.597. The Bertz CT molecular complexity index is 557. The van der Waals surface area contributed by atoms with Crippen LogP contribution in [0.15, 0.2) is 30.5 Å². The SMILES string of the molecule is CCOC(=O)Cn1ccc2cccc(C=O)c21. The second kappa shape index (κ2) is 4.82. The van der Waals surface area contributed by atoms with Crippen LogP contribution >= 0.6 is 0 Å². The second-order valence-electron chi connectivity index (χ2n) is 3.65. The van der Waals surface area contributed by atoms with Gasteiger partial charge in [0.15, 0.2) is 6.29 Å². The monoisotopic (exact) mass is 231 g/mol. The third kappa shape index (κ3) is 2.20. The number of aromatic nitrogens is 1. The van der Waals surface area contributed by atoms with Crippen LogP contribution in [0.1, 0.15) is 17.3 Å². The van der Waals surface area contributed by atoms with Crippen molar-refractivity contribution in [3.05, 3.63) is 36.0 Å². The number of carbonyl (C=O) groups is 2. The van der Waals surface area contributed by atoms with Crippen LogP contribution in [0.4, 0.5) is 0 Å². The van der Waals surface area contributed by atoms with Gasteiger partial charge in [0, 0.05) is 17.1 Å². The Labute approximate surface area is 98.8 Å². The van der Waals surface area contributed by atoms with Gasteiger partial charge in [-0.15, -0.1) is 0 Å². The first-order chi connectivity index (χ1) is 8.26. The summed E-state index contributed by atoms with van der Waals surface area (Å²) >= 11 is 0. The molecule has 88 valence electrons. The molecule has 4 heteroatoms. The Morgan fingerprint density at radius 2 is 2.24 bits per heavy atom. The summed E-state index contributed by atoms with van der Waals surface area (Å²) in [7, 11) is 0. The van der Waals surface area contributed by atoms with Crippen molar-refractivity contribution in [2.24, 2.45) is 0 Å². The molecule has 0 aliphatic carbocycles. The number of carbonyl (C=O) groups excluding carboxylic acids is 2. The maximum absolute atomic E-state index is 11.4. The molecule has 0 aliphatic heterocycles. The van der Waals surface area contributed by atoms with E-state index in [0.29, 0.717) is 12.2 Å². The van der Waals surface area contributed by atoms with Gasteiger partial charge in [0.2, 0.25) is 0 Å². The van der Waals surface area contributed by atoms with Crippen molar-refractivity contribution in [1.82, 2.24) is 4.57 Å². The molecule has 0 amide bonds. The van der Waals surface area contributed by atoms with Gasteiger partial charge in [-0.3, -0.25) is 9.59 Å². The van der Waals surface area contributed by atoms with Crippen LogP contribution in [-0.2, 0) is 16.1 Å². The summed E-state index contributed by atoms with van der Waals surface area (Å²) in [6, 6.07) is 7.34. The summed E-state index contributed by atoms with van der Waals surface area (Å²) < 4.78 is 6.62. The molecule has 17 heavy (non-hydrogen) atoms. The molecule has 0 saturated carbocycles. The minimum absolute atomic E-state index is 0.127. The van der Waals surface area contributed by atoms with E-state index in [1.54, 1.807) is 23.8 Å². The largest absolute Gasteiger partial charge is 0.465 e. The molecular weight excluding hydrogens is 218 g/mol. The van der Waals surface area contributed by atoms with Crippen molar-refractivity contribution in [2.45, 2.75) is 13.5 Å². The molecule has 0 saturated heterocycles. The highest BCUT2D eigenvalue weighted by molar-refractivity contribution is 5.96. The summed E-state index contributed by atoms with van der Waals surface area (Å²) in [6.07, 6.45) is 2.58. The first kappa shape index (κ1) is 11.4. The Morgan fingerprint density at radius 3 is 2.94 bits per heavy atom. The van der Waals surface area contributed by atoms with Crippen molar-refractivity contribution in [1.29, 1.82) is 0 Å². The molecule has 1 aromatic carbocycles. The van der Waals surface area contributed by atoms with Crippen LogP contribution in [0.25, 0.3) is 10.9 Å².